The molecule has 7 nitrogen and oxygen atoms in total. The summed E-state index contributed by atoms with van der Waals surface area (Å²) >= 11 is 7.60. The van der Waals surface area contributed by atoms with Crippen LogP contribution in [0.5, 0.6) is 0 Å². The number of anilines is 2. The molecule has 1 saturated heterocycles. The lowest BCUT2D eigenvalue weighted by molar-refractivity contribution is 0.178. The summed E-state index contributed by atoms with van der Waals surface area (Å²) in [5, 5.41) is 11.0. The second-order valence-corrected chi connectivity index (χ2v) is 10.4. The van der Waals surface area contributed by atoms with Gasteiger partial charge in [0, 0.05) is 30.2 Å². The van der Waals surface area contributed by atoms with Crippen LogP contribution in [0.2, 0.25) is 5.02 Å². The maximum absolute atomic E-state index is 9.95. The highest BCUT2D eigenvalue weighted by molar-refractivity contribution is 7.99. The Morgan fingerprint density at radius 2 is 1.80 bits per heavy atom. The molecule has 2 aliphatic carbocycles. The van der Waals surface area contributed by atoms with Gasteiger partial charge in [-0.05, 0) is 55.4 Å². The number of halogens is 1. The number of piperidine rings is 1. The molecule has 0 amide bonds. The average molecular weight is 447 g/mol. The highest BCUT2D eigenvalue weighted by atomic mass is 35.5. The Morgan fingerprint density at radius 1 is 1.13 bits per heavy atom. The van der Waals surface area contributed by atoms with E-state index in [1.165, 1.54) is 37.4 Å². The van der Waals surface area contributed by atoms with Crippen molar-refractivity contribution in [1.82, 2.24) is 15.0 Å². The summed E-state index contributed by atoms with van der Waals surface area (Å²) in [5.41, 5.74) is 13.8. The maximum atomic E-state index is 9.95. The van der Waals surface area contributed by atoms with E-state index in [0.717, 1.165) is 36.6 Å². The monoisotopic (exact) mass is 446 g/mol. The minimum absolute atomic E-state index is 0.160. The number of pyridine rings is 1. The number of aliphatic hydroxyl groups excluding tert-OH is 1. The normalized spacial score (nSPS) is 24.0. The summed E-state index contributed by atoms with van der Waals surface area (Å²) in [4.78, 5) is 16.3. The number of nitrogens with two attached hydrogens (primary N) is 2. The fraction of sp³-hybridized carbons (Fsp3) is 0.571. The van der Waals surface area contributed by atoms with Gasteiger partial charge in [0.1, 0.15) is 16.5 Å². The highest BCUT2D eigenvalue weighted by Crippen LogP contribution is 2.65. The van der Waals surface area contributed by atoms with Gasteiger partial charge in [-0.15, -0.1) is 0 Å². The zero-order valence-corrected chi connectivity index (χ0v) is 18.4. The molecule has 5 N–H and O–H groups in total. The van der Waals surface area contributed by atoms with Gasteiger partial charge in [-0.25, -0.2) is 15.0 Å². The molecule has 160 valence electrons. The number of hydrogen-bond acceptors (Lipinski definition) is 8. The molecule has 3 aliphatic rings. The third-order valence-electron chi connectivity index (χ3n) is 7.44. The van der Waals surface area contributed by atoms with Crippen LogP contribution in [0.25, 0.3) is 0 Å². The summed E-state index contributed by atoms with van der Waals surface area (Å²) in [7, 11) is 0. The molecule has 30 heavy (non-hydrogen) atoms. The Morgan fingerprint density at radius 3 is 2.47 bits per heavy atom. The van der Waals surface area contributed by atoms with E-state index in [1.54, 1.807) is 18.5 Å². The molecule has 9 heteroatoms. The lowest BCUT2D eigenvalue weighted by Gasteiger charge is -2.43. The first-order valence-electron chi connectivity index (χ1n) is 10.5. The van der Waals surface area contributed by atoms with E-state index in [4.69, 9.17) is 23.1 Å². The molecule has 5 rings (SSSR count). The Hall–Kier alpha value is -1.61. The first-order chi connectivity index (χ1) is 14.5. The van der Waals surface area contributed by atoms with Gasteiger partial charge < -0.3 is 21.5 Å². The number of aliphatic hydroxyl groups is 1. The lowest BCUT2D eigenvalue weighted by atomic mass is 9.72. The predicted octanol–water partition coefficient (Wildman–Crippen LogP) is 3.24. The molecular formula is C21H27ClN6OS. The molecule has 1 aliphatic heterocycles. The lowest BCUT2D eigenvalue weighted by Crippen LogP contribution is -2.49. The summed E-state index contributed by atoms with van der Waals surface area (Å²) in [6, 6.07) is 2.13. The van der Waals surface area contributed by atoms with E-state index in [0.29, 0.717) is 27.2 Å². The molecule has 1 atom stereocenters. The standard InChI is InChI=1S/C21H27ClN6OS/c22-16-14(1-8-25-17(16)23)30-15-11-26-18(13(12-29)27-15)28-9-6-21(7-10-28)5-4-20(2-3-20)19(21)24/h1,8,11,19,29H,2-7,9-10,12,24H2,(H2,23,25). The molecule has 2 aromatic rings. The predicted molar refractivity (Wildman–Crippen MR) is 118 cm³/mol. The third kappa shape index (κ3) is 3.34. The van der Waals surface area contributed by atoms with E-state index < -0.39 is 0 Å². The molecule has 0 bridgehead atoms. The van der Waals surface area contributed by atoms with Crippen LogP contribution in [0.3, 0.4) is 0 Å². The molecular weight excluding hydrogens is 420 g/mol. The van der Waals surface area contributed by atoms with Crippen LogP contribution in [0.15, 0.2) is 28.4 Å². The fourth-order valence-electron chi connectivity index (χ4n) is 5.36. The van der Waals surface area contributed by atoms with Crippen LogP contribution in [-0.2, 0) is 6.61 Å². The van der Waals surface area contributed by atoms with Crippen LogP contribution in [0, 0.1) is 10.8 Å². The Kier molecular flexibility index (Phi) is 5.08. The number of nitrogen functional groups attached to an aromatic ring is 1. The van der Waals surface area contributed by atoms with Crippen molar-refractivity contribution in [2.24, 2.45) is 16.6 Å². The Balaban J connectivity index is 1.31. The van der Waals surface area contributed by atoms with Gasteiger partial charge >= 0.3 is 0 Å². The summed E-state index contributed by atoms with van der Waals surface area (Å²) < 4.78 is 0. The van der Waals surface area contributed by atoms with Crippen molar-refractivity contribution in [3.63, 3.8) is 0 Å². The SMILES string of the molecule is Nc1nccc(Sc2cnc(N3CCC4(CC3)CCC3(CC3)C4N)c(CO)n2)c1Cl. The average Bonchev–Trinajstić information content (AvgIpc) is 3.52. The summed E-state index contributed by atoms with van der Waals surface area (Å²) in [6.07, 6.45) is 10.7. The van der Waals surface area contributed by atoms with E-state index >= 15 is 0 Å². The van der Waals surface area contributed by atoms with Crippen LogP contribution in [-0.4, -0.2) is 39.2 Å². The molecule has 0 aromatic carbocycles. The van der Waals surface area contributed by atoms with Gasteiger partial charge in [0.05, 0.1) is 17.8 Å². The second-order valence-electron chi connectivity index (χ2n) is 8.94. The smallest absolute Gasteiger partial charge is 0.152 e. The van der Waals surface area contributed by atoms with Gasteiger partial charge in [0.15, 0.2) is 5.82 Å². The van der Waals surface area contributed by atoms with Crippen LogP contribution < -0.4 is 16.4 Å². The summed E-state index contributed by atoms with van der Waals surface area (Å²) in [5.74, 6) is 1.05. The fourth-order valence-corrected chi connectivity index (χ4v) is 6.40. The maximum Gasteiger partial charge on any atom is 0.152 e. The van der Waals surface area contributed by atoms with Crippen molar-refractivity contribution >= 4 is 35.0 Å². The molecule has 3 heterocycles. The number of aromatic nitrogens is 3. The Bertz CT molecular complexity index is 961. The minimum atomic E-state index is -0.160. The van der Waals surface area contributed by atoms with Crippen molar-refractivity contribution < 1.29 is 5.11 Å². The topological polar surface area (TPSA) is 114 Å². The van der Waals surface area contributed by atoms with Crippen molar-refractivity contribution in [2.75, 3.05) is 23.7 Å². The Labute approximate surface area is 185 Å². The van der Waals surface area contributed by atoms with E-state index in [2.05, 4.69) is 19.9 Å². The van der Waals surface area contributed by atoms with Gasteiger partial charge in [0.2, 0.25) is 0 Å². The van der Waals surface area contributed by atoms with Gasteiger partial charge in [0.25, 0.3) is 0 Å². The largest absolute Gasteiger partial charge is 0.390 e. The number of hydrogen-bond donors (Lipinski definition) is 3. The zero-order valence-electron chi connectivity index (χ0n) is 16.9. The summed E-state index contributed by atoms with van der Waals surface area (Å²) in [6.45, 7) is 1.66. The molecule has 0 radical (unpaired) electrons. The van der Waals surface area contributed by atoms with E-state index in [1.807, 2.05) is 0 Å². The number of rotatable bonds is 4. The molecule has 3 fully saturated rings. The van der Waals surface area contributed by atoms with Crippen molar-refractivity contribution in [3.05, 3.63) is 29.2 Å². The third-order valence-corrected chi connectivity index (χ3v) is 8.91. The molecule has 2 spiro atoms. The van der Waals surface area contributed by atoms with Crippen LogP contribution >= 0.6 is 23.4 Å². The minimum Gasteiger partial charge on any atom is -0.390 e. The highest BCUT2D eigenvalue weighted by Gasteiger charge is 2.61. The second kappa shape index (κ2) is 7.51. The molecule has 2 aromatic heterocycles. The van der Waals surface area contributed by atoms with Crippen LogP contribution in [0.1, 0.15) is 44.2 Å². The van der Waals surface area contributed by atoms with Gasteiger partial charge in [-0.2, -0.15) is 0 Å². The van der Waals surface area contributed by atoms with Gasteiger partial charge in [-0.3, -0.25) is 0 Å². The van der Waals surface area contributed by atoms with E-state index in [-0.39, 0.29) is 17.8 Å². The van der Waals surface area contributed by atoms with Gasteiger partial charge in [-0.1, -0.05) is 23.4 Å². The first-order valence-corrected chi connectivity index (χ1v) is 11.7. The first kappa shape index (κ1) is 20.3. The van der Waals surface area contributed by atoms with E-state index in [9.17, 15) is 5.11 Å². The zero-order chi connectivity index (χ0) is 20.9. The van der Waals surface area contributed by atoms with Crippen LogP contribution in [0.4, 0.5) is 11.6 Å². The van der Waals surface area contributed by atoms with Crippen molar-refractivity contribution in [2.45, 2.75) is 61.1 Å². The number of nitrogens with zero attached hydrogens (tertiary/aromatic N) is 4. The van der Waals surface area contributed by atoms with Crippen molar-refractivity contribution in [1.29, 1.82) is 0 Å². The quantitative estimate of drug-likeness (QED) is 0.655. The molecule has 1 unspecified atom stereocenters. The van der Waals surface area contributed by atoms with Crippen molar-refractivity contribution in [3.8, 4) is 0 Å². The molecule has 2 saturated carbocycles.